The number of aromatic amines is 1. The van der Waals surface area contributed by atoms with Crippen LogP contribution in [0.5, 0.6) is 0 Å². The van der Waals surface area contributed by atoms with Crippen LogP contribution in [-0.2, 0) is 10.8 Å². The predicted molar refractivity (Wildman–Crippen MR) is 97.9 cm³/mol. The Morgan fingerprint density at radius 3 is 2.32 bits per heavy atom. The van der Waals surface area contributed by atoms with Gasteiger partial charge in [-0.05, 0) is 35.4 Å². The minimum atomic E-state index is -0.314. The van der Waals surface area contributed by atoms with Crippen molar-refractivity contribution < 1.29 is 4.79 Å². The summed E-state index contributed by atoms with van der Waals surface area (Å²) in [6.45, 7) is 7.21. The van der Waals surface area contributed by atoms with Crippen LogP contribution in [0.2, 0.25) is 0 Å². The highest BCUT2D eigenvalue weighted by Gasteiger charge is 2.39. The molecule has 0 aliphatic heterocycles. The molecule has 0 radical (unpaired) electrons. The summed E-state index contributed by atoms with van der Waals surface area (Å²) in [5.41, 5.74) is 2.65. The van der Waals surface area contributed by atoms with E-state index in [4.69, 9.17) is 0 Å². The van der Waals surface area contributed by atoms with Crippen LogP contribution in [0.25, 0.3) is 0 Å². The van der Waals surface area contributed by atoms with E-state index in [1.165, 1.54) is 29.7 Å². The topological polar surface area (TPSA) is 74.8 Å². The molecule has 1 saturated carbocycles. The van der Waals surface area contributed by atoms with E-state index in [2.05, 4.69) is 60.6 Å². The summed E-state index contributed by atoms with van der Waals surface area (Å²) in [7, 11) is 0. The summed E-state index contributed by atoms with van der Waals surface area (Å²) in [5.74, 6) is -0.256. The number of rotatable bonds is 4. The first kappa shape index (κ1) is 17.4. The van der Waals surface area contributed by atoms with Crippen LogP contribution >= 0.6 is 0 Å². The molecule has 1 amide bonds. The van der Waals surface area contributed by atoms with Gasteiger partial charge >= 0.3 is 0 Å². The van der Waals surface area contributed by atoms with E-state index in [-0.39, 0.29) is 28.0 Å². The van der Waals surface area contributed by atoms with E-state index >= 15 is 0 Å². The minimum Gasteiger partial charge on any atom is -0.350 e. The van der Waals surface area contributed by atoms with Gasteiger partial charge in [-0.15, -0.1) is 0 Å². The average molecular weight is 339 g/mol. The van der Waals surface area contributed by atoms with Gasteiger partial charge in [0.15, 0.2) is 0 Å². The largest absolute Gasteiger partial charge is 0.350 e. The molecule has 5 nitrogen and oxygen atoms in total. The highest BCUT2D eigenvalue weighted by atomic mass is 16.2. The molecule has 1 aromatic carbocycles. The Balaban J connectivity index is 1.72. The summed E-state index contributed by atoms with van der Waals surface area (Å²) in [5, 5.41) is 9.06. The summed E-state index contributed by atoms with van der Waals surface area (Å²) >= 11 is 0. The molecule has 2 N–H and O–H groups in total. The van der Waals surface area contributed by atoms with E-state index < -0.39 is 0 Å². The van der Waals surface area contributed by atoms with Gasteiger partial charge in [-0.1, -0.05) is 51.5 Å². The molecule has 25 heavy (non-hydrogen) atoms. The van der Waals surface area contributed by atoms with E-state index in [1.54, 1.807) is 0 Å². The predicted octanol–water partition coefficient (Wildman–Crippen LogP) is 2.92. The lowest BCUT2D eigenvalue weighted by molar-refractivity contribution is 0.0921. The van der Waals surface area contributed by atoms with Crippen molar-refractivity contribution in [1.29, 1.82) is 0 Å². The van der Waals surface area contributed by atoms with Crippen LogP contribution in [0.15, 0.2) is 41.2 Å². The summed E-state index contributed by atoms with van der Waals surface area (Å²) in [6.07, 6.45) is 3.32. The zero-order chi connectivity index (χ0) is 18.1. The molecular formula is C20H25N3O2. The second kappa shape index (κ2) is 6.47. The zero-order valence-electron chi connectivity index (χ0n) is 15.1. The smallest absolute Gasteiger partial charge is 0.271 e. The maximum atomic E-state index is 12.3. The van der Waals surface area contributed by atoms with Gasteiger partial charge in [0.2, 0.25) is 0 Å². The number of benzene rings is 1. The number of hydrogen-bond donors (Lipinski definition) is 2. The number of aromatic nitrogens is 2. The Morgan fingerprint density at radius 1 is 1.16 bits per heavy atom. The molecule has 1 aromatic heterocycles. The Kier molecular flexibility index (Phi) is 4.50. The van der Waals surface area contributed by atoms with Crippen LogP contribution in [0, 0.1) is 0 Å². The number of carbonyl (C=O) groups is 1. The fourth-order valence-electron chi connectivity index (χ4n) is 3.31. The molecule has 0 spiro atoms. The van der Waals surface area contributed by atoms with Crippen molar-refractivity contribution in [1.82, 2.24) is 15.5 Å². The van der Waals surface area contributed by atoms with Crippen LogP contribution in [0.3, 0.4) is 0 Å². The van der Waals surface area contributed by atoms with Gasteiger partial charge in [-0.3, -0.25) is 9.59 Å². The minimum absolute atomic E-state index is 0.00820. The third-order valence-electron chi connectivity index (χ3n) is 5.17. The molecule has 2 aromatic rings. The molecule has 3 rings (SSSR count). The molecule has 132 valence electrons. The Bertz CT molecular complexity index is 792. The third kappa shape index (κ3) is 3.65. The van der Waals surface area contributed by atoms with Gasteiger partial charge in [0.05, 0.1) is 0 Å². The lowest BCUT2D eigenvalue weighted by Crippen LogP contribution is -2.45. The molecule has 1 aliphatic rings. The monoisotopic (exact) mass is 339 g/mol. The third-order valence-corrected chi connectivity index (χ3v) is 5.17. The maximum Gasteiger partial charge on any atom is 0.271 e. The van der Waals surface area contributed by atoms with Gasteiger partial charge in [-0.2, -0.15) is 5.10 Å². The fourth-order valence-corrected chi connectivity index (χ4v) is 3.31. The number of carbonyl (C=O) groups excluding carboxylic acids is 1. The van der Waals surface area contributed by atoms with Crippen LogP contribution in [0.1, 0.15) is 61.6 Å². The van der Waals surface area contributed by atoms with E-state index in [9.17, 15) is 9.59 Å². The Hall–Kier alpha value is -2.43. The summed E-state index contributed by atoms with van der Waals surface area (Å²) in [4.78, 5) is 23.3. The maximum absolute atomic E-state index is 12.3. The summed E-state index contributed by atoms with van der Waals surface area (Å²) in [6, 6.07) is 11.5. The number of amides is 1. The quantitative estimate of drug-likeness (QED) is 0.899. The van der Waals surface area contributed by atoms with Crippen LogP contribution < -0.4 is 10.9 Å². The van der Waals surface area contributed by atoms with Gasteiger partial charge in [0.1, 0.15) is 5.69 Å². The molecule has 0 bridgehead atoms. The molecule has 0 saturated heterocycles. The van der Waals surface area contributed by atoms with Gasteiger partial charge in [0.25, 0.3) is 11.5 Å². The van der Waals surface area contributed by atoms with Crippen LogP contribution in [-0.4, -0.2) is 22.6 Å². The molecule has 0 atom stereocenters. The Labute approximate surface area is 147 Å². The van der Waals surface area contributed by atoms with E-state index in [0.717, 1.165) is 12.8 Å². The molecule has 1 heterocycles. The van der Waals surface area contributed by atoms with E-state index in [1.807, 2.05) is 0 Å². The SMILES string of the molecule is CC(C)(C)c1ccc(C2(CNC(=O)c3ccc(=O)[nH]n3)CCC2)cc1. The number of hydrogen-bond acceptors (Lipinski definition) is 3. The van der Waals surface area contributed by atoms with Crippen molar-refractivity contribution in [2.75, 3.05) is 6.54 Å². The van der Waals surface area contributed by atoms with Gasteiger partial charge in [-0.25, -0.2) is 5.10 Å². The molecule has 5 heteroatoms. The Morgan fingerprint density at radius 2 is 1.84 bits per heavy atom. The van der Waals surface area contributed by atoms with Gasteiger partial charge in [0, 0.05) is 18.0 Å². The lowest BCUT2D eigenvalue weighted by atomic mass is 9.64. The molecule has 1 aliphatic carbocycles. The zero-order valence-corrected chi connectivity index (χ0v) is 15.1. The second-order valence-electron chi connectivity index (χ2n) is 7.95. The molecular weight excluding hydrogens is 314 g/mol. The van der Waals surface area contributed by atoms with Crippen molar-refractivity contribution >= 4 is 5.91 Å². The fraction of sp³-hybridized carbons (Fsp3) is 0.450. The first-order chi connectivity index (χ1) is 11.8. The standard InChI is InChI=1S/C20H25N3O2/c1-19(2,3)14-5-7-15(8-6-14)20(11-4-12-20)13-21-18(25)16-9-10-17(24)23-22-16/h5-10H,4,11-13H2,1-3H3,(H,21,25)(H,23,24). The first-order valence-electron chi connectivity index (χ1n) is 8.75. The van der Waals surface area contributed by atoms with Crippen molar-refractivity contribution in [2.45, 2.75) is 50.9 Å². The normalized spacial score (nSPS) is 16.1. The number of nitrogens with zero attached hydrogens (tertiary/aromatic N) is 1. The molecule has 0 unspecified atom stereocenters. The highest BCUT2D eigenvalue weighted by Crippen LogP contribution is 2.43. The highest BCUT2D eigenvalue weighted by molar-refractivity contribution is 5.92. The van der Waals surface area contributed by atoms with E-state index in [0.29, 0.717) is 6.54 Å². The van der Waals surface area contributed by atoms with Crippen molar-refractivity contribution in [3.8, 4) is 0 Å². The van der Waals surface area contributed by atoms with Crippen molar-refractivity contribution in [3.05, 3.63) is 63.6 Å². The first-order valence-corrected chi connectivity index (χ1v) is 8.75. The second-order valence-corrected chi connectivity index (χ2v) is 7.95. The summed E-state index contributed by atoms with van der Waals surface area (Å²) < 4.78 is 0. The molecule has 1 fully saturated rings. The van der Waals surface area contributed by atoms with Crippen molar-refractivity contribution in [2.24, 2.45) is 0 Å². The van der Waals surface area contributed by atoms with Gasteiger partial charge < -0.3 is 5.32 Å². The average Bonchev–Trinajstić information content (AvgIpc) is 2.54. The number of nitrogens with one attached hydrogen (secondary N) is 2. The van der Waals surface area contributed by atoms with Crippen LogP contribution in [0.4, 0.5) is 0 Å². The van der Waals surface area contributed by atoms with Crippen molar-refractivity contribution in [3.63, 3.8) is 0 Å². The number of H-pyrrole nitrogens is 1. The lowest BCUT2D eigenvalue weighted by Gasteiger charge is -2.42.